The van der Waals surface area contributed by atoms with Crippen molar-refractivity contribution in [3.05, 3.63) is 218 Å². The van der Waals surface area contributed by atoms with Gasteiger partial charge >= 0.3 is 0 Å². The molecule has 0 bridgehead atoms. The Bertz CT molecular complexity index is 3470. The van der Waals surface area contributed by atoms with Crippen molar-refractivity contribution in [2.24, 2.45) is 0 Å². The fourth-order valence-electron chi connectivity index (χ4n) is 9.34. The molecule has 0 aliphatic rings. The molecular weight excluding hydrogens is 741 g/mol. The van der Waals surface area contributed by atoms with Gasteiger partial charge in [0.15, 0.2) is 0 Å². The molecule has 0 amide bonds. The predicted octanol–water partition coefficient (Wildman–Crippen LogP) is 15.6. The summed E-state index contributed by atoms with van der Waals surface area (Å²) in [5.74, 6) is 0. The highest BCUT2D eigenvalue weighted by atomic mass is 32.3. The van der Waals surface area contributed by atoms with Gasteiger partial charge in [0.1, 0.15) is 0 Å². The summed E-state index contributed by atoms with van der Waals surface area (Å²) < 4.78 is 7.59. The number of para-hydroxylation sites is 3. The summed E-state index contributed by atoms with van der Waals surface area (Å²) in [6.07, 6.45) is 0. The van der Waals surface area contributed by atoms with E-state index in [4.69, 9.17) is 0 Å². The second-order valence-corrected chi connectivity index (χ2v) is 19.1. The zero-order valence-corrected chi connectivity index (χ0v) is 33.1. The Labute approximate surface area is 341 Å². The molecule has 4 heteroatoms. The number of hydrogen-bond donors (Lipinski definition) is 0. The first-order valence-corrected chi connectivity index (χ1v) is 22.2. The highest BCUT2D eigenvalue weighted by molar-refractivity contribution is 8.34. The van der Waals surface area contributed by atoms with E-state index in [0.29, 0.717) is 0 Å². The van der Waals surface area contributed by atoms with E-state index in [1.165, 1.54) is 83.4 Å². The van der Waals surface area contributed by atoms with Gasteiger partial charge in [0.2, 0.25) is 0 Å². The lowest BCUT2D eigenvalue weighted by Gasteiger charge is -2.42. The van der Waals surface area contributed by atoms with E-state index < -0.39 is 10.0 Å². The van der Waals surface area contributed by atoms with Crippen LogP contribution in [0.3, 0.4) is 0 Å². The molecule has 0 saturated heterocycles. The van der Waals surface area contributed by atoms with Crippen LogP contribution in [0.4, 0.5) is 0 Å². The van der Waals surface area contributed by atoms with Crippen LogP contribution in [0.5, 0.6) is 0 Å². The summed E-state index contributed by atoms with van der Waals surface area (Å²) in [5.41, 5.74) is 7.17. The minimum Gasteiger partial charge on any atom is -0.309 e. The normalized spacial score (nSPS) is 12.4. The SMILES string of the molecule is c1ccc(-n2c3ccccc3c3ccc(S(c4ccccc4)(c4ccccc4)c4cccc(-n5c6ccccc6c6cc7sc8ccccc8c7cc65)c4)cc32)cc1. The van der Waals surface area contributed by atoms with Crippen LogP contribution in [0.2, 0.25) is 0 Å². The lowest BCUT2D eigenvalue weighted by atomic mass is 10.1. The van der Waals surface area contributed by atoms with Gasteiger partial charge in [-0.15, -0.1) is 21.4 Å². The number of aromatic nitrogens is 2. The summed E-state index contributed by atoms with van der Waals surface area (Å²) in [5, 5.41) is 7.69. The highest BCUT2D eigenvalue weighted by Crippen LogP contribution is 2.74. The maximum Gasteiger partial charge on any atom is 0.0552 e. The van der Waals surface area contributed by atoms with Gasteiger partial charge in [-0.25, -0.2) is 0 Å². The van der Waals surface area contributed by atoms with Crippen molar-refractivity contribution in [3.63, 3.8) is 0 Å². The molecular formula is C54H36N2S2. The zero-order valence-electron chi connectivity index (χ0n) is 31.5. The summed E-state index contributed by atoms with van der Waals surface area (Å²) in [6, 6.07) is 81.3. The molecule has 0 aliphatic heterocycles. The van der Waals surface area contributed by atoms with E-state index in [1.807, 2.05) is 11.3 Å². The number of fused-ring (bicyclic) bond motifs is 9. The summed E-state index contributed by atoms with van der Waals surface area (Å²) in [7, 11) is -2.04. The first kappa shape index (κ1) is 33.3. The maximum atomic E-state index is 2.50. The van der Waals surface area contributed by atoms with Crippen LogP contribution >= 0.6 is 21.4 Å². The van der Waals surface area contributed by atoms with Gasteiger partial charge in [0.05, 0.1) is 22.1 Å². The molecule has 0 unspecified atom stereocenters. The average Bonchev–Trinajstić information content (AvgIpc) is 3.94. The van der Waals surface area contributed by atoms with Crippen LogP contribution in [-0.2, 0) is 0 Å². The number of nitrogens with zero attached hydrogens (tertiary/aromatic N) is 2. The third kappa shape index (κ3) is 4.86. The van der Waals surface area contributed by atoms with Crippen LogP contribution in [0.25, 0.3) is 75.2 Å². The molecule has 0 N–H and O–H groups in total. The van der Waals surface area contributed by atoms with Crippen LogP contribution in [-0.4, -0.2) is 9.13 Å². The number of rotatable bonds is 6. The first-order valence-electron chi connectivity index (χ1n) is 19.7. The van der Waals surface area contributed by atoms with Gasteiger partial charge in [-0.3, -0.25) is 0 Å². The second kappa shape index (κ2) is 13.1. The van der Waals surface area contributed by atoms with Crippen molar-refractivity contribution in [1.29, 1.82) is 0 Å². The molecule has 9 aromatic carbocycles. The third-order valence-electron chi connectivity index (χ3n) is 11.8. The van der Waals surface area contributed by atoms with Crippen molar-refractivity contribution in [3.8, 4) is 11.4 Å². The molecule has 2 nitrogen and oxygen atoms in total. The van der Waals surface area contributed by atoms with E-state index >= 15 is 0 Å². The average molecular weight is 777 g/mol. The zero-order chi connectivity index (χ0) is 38.2. The molecule has 0 fully saturated rings. The van der Waals surface area contributed by atoms with Crippen molar-refractivity contribution < 1.29 is 0 Å². The van der Waals surface area contributed by atoms with Crippen molar-refractivity contribution >= 4 is 85.1 Å². The van der Waals surface area contributed by atoms with Crippen molar-refractivity contribution in [1.82, 2.24) is 9.13 Å². The van der Waals surface area contributed by atoms with Gasteiger partial charge in [-0.1, -0.05) is 121 Å². The molecule has 0 aliphatic carbocycles. The molecule has 0 radical (unpaired) electrons. The highest BCUT2D eigenvalue weighted by Gasteiger charge is 2.34. The fraction of sp³-hybridized carbons (Fsp3) is 0. The summed E-state index contributed by atoms with van der Waals surface area (Å²) in [4.78, 5) is 5.18. The Morgan fingerprint density at radius 3 is 1.48 bits per heavy atom. The Balaban J connectivity index is 1.18. The topological polar surface area (TPSA) is 9.86 Å². The van der Waals surface area contributed by atoms with Gasteiger partial charge < -0.3 is 9.13 Å². The smallest absolute Gasteiger partial charge is 0.0552 e. The van der Waals surface area contributed by atoms with Crippen molar-refractivity contribution in [2.45, 2.75) is 19.6 Å². The lowest BCUT2D eigenvalue weighted by Crippen LogP contribution is -2.06. The maximum absolute atomic E-state index is 2.50. The Hall–Kier alpha value is -6.85. The molecule has 0 spiro atoms. The summed E-state index contributed by atoms with van der Waals surface area (Å²) in [6.45, 7) is 0. The van der Waals surface area contributed by atoms with Gasteiger partial charge in [0.25, 0.3) is 0 Å². The summed E-state index contributed by atoms with van der Waals surface area (Å²) >= 11 is 1.88. The number of thiophene rings is 1. The number of hydrogen-bond acceptors (Lipinski definition) is 1. The Morgan fingerprint density at radius 1 is 0.276 bits per heavy atom. The van der Waals surface area contributed by atoms with Gasteiger partial charge in [-0.05, 0) is 97.1 Å². The van der Waals surface area contributed by atoms with Crippen LogP contribution in [0.1, 0.15) is 0 Å². The molecule has 274 valence electrons. The predicted molar refractivity (Wildman–Crippen MR) is 248 cm³/mol. The van der Waals surface area contributed by atoms with Crippen LogP contribution in [0, 0.1) is 0 Å². The van der Waals surface area contributed by atoms with E-state index in [0.717, 1.165) is 11.4 Å². The first-order chi connectivity index (χ1) is 28.8. The van der Waals surface area contributed by atoms with E-state index in [-0.39, 0.29) is 0 Å². The van der Waals surface area contributed by atoms with E-state index in [1.54, 1.807) is 0 Å². The molecule has 3 aromatic heterocycles. The molecule has 12 rings (SSSR count). The molecule has 0 saturated carbocycles. The van der Waals surface area contributed by atoms with Crippen molar-refractivity contribution in [2.75, 3.05) is 0 Å². The standard InChI is InChI=1S/C54H36N2S2/c1-4-17-37(18-5-1)55-49-28-13-10-25-43(49)45-32-31-42(34-51(45)55)58(39-20-6-2-7-21-39,40-22-8-3-9-23-40)41-24-16-19-38(33-41)56-50-29-14-11-26-44(50)47-36-54-48(35-52(47)56)46-27-12-15-30-53(46)57-54/h1-36H. The largest absolute Gasteiger partial charge is 0.309 e. The van der Waals surface area contributed by atoms with Gasteiger partial charge in [0, 0.05) is 72.7 Å². The molecule has 3 heterocycles. The third-order valence-corrected chi connectivity index (χ3v) is 16.8. The Kier molecular flexibility index (Phi) is 7.52. The Morgan fingerprint density at radius 2 is 0.776 bits per heavy atom. The minimum atomic E-state index is -2.04. The fourth-order valence-corrected chi connectivity index (χ4v) is 14.4. The minimum absolute atomic E-state index is 1.16. The molecule has 58 heavy (non-hydrogen) atoms. The molecule has 12 aromatic rings. The number of benzene rings is 9. The molecule has 0 atom stereocenters. The van der Waals surface area contributed by atoms with E-state index in [9.17, 15) is 0 Å². The van der Waals surface area contributed by atoms with Crippen LogP contribution < -0.4 is 0 Å². The van der Waals surface area contributed by atoms with Crippen LogP contribution in [0.15, 0.2) is 238 Å². The quantitative estimate of drug-likeness (QED) is 0.159. The lowest BCUT2D eigenvalue weighted by molar-refractivity contribution is 1.15. The van der Waals surface area contributed by atoms with Gasteiger partial charge in [-0.2, -0.15) is 0 Å². The van der Waals surface area contributed by atoms with E-state index in [2.05, 4.69) is 228 Å². The monoisotopic (exact) mass is 776 g/mol. The second-order valence-electron chi connectivity index (χ2n) is 14.9.